The SMILES string of the molecule is CC/C(=C\OC)C(F)(F)F. The van der Waals surface area contributed by atoms with E-state index in [4.69, 9.17) is 0 Å². The first kappa shape index (κ1) is 9.33. The number of rotatable bonds is 2. The molecule has 0 aliphatic heterocycles. The molecule has 0 unspecified atom stereocenters. The number of ether oxygens (including phenoxy) is 1. The number of hydrogen-bond donors (Lipinski definition) is 0. The molecule has 0 rings (SSSR count). The van der Waals surface area contributed by atoms with Crippen LogP contribution in [0.4, 0.5) is 13.2 Å². The summed E-state index contributed by atoms with van der Waals surface area (Å²) in [6.07, 6.45) is -3.58. The third-order valence-electron chi connectivity index (χ3n) is 1.01. The van der Waals surface area contributed by atoms with Gasteiger partial charge in [-0.05, 0) is 6.42 Å². The number of hydrogen-bond acceptors (Lipinski definition) is 1. The quantitative estimate of drug-likeness (QED) is 0.555. The highest BCUT2D eigenvalue weighted by Gasteiger charge is 2.32. The van der Waals surface area contributed by atoms with E-state index in [1.54, 1.807) is 0 Å². The van der Waals surface area contributed by atoms with Gasteiger partial charge in [0.1, 0.15) is 0 Å². The Hall–Kier alpha value is -0.670. The molecule has 0 amide bonds. The second kappa shape index (κ2) is 3.49. The van der Waals surface area contributed by atoms with Crippen molar-refractivity contribution < 1.29 is 17.9 Å². The minimum atomic E-state index is -4.25. The van der Waals surface area contributed by atoms with E-state index in [1.165, 1.54) is 14.0 Å². The molecule has 0 atom stereocenters. The molecular weight excluding hydrogens is 145 g/mol. The molecular formula is C6H9F3O. The van der Waals surface area contributed by atoms with E-state index in [-0.39, 0.29) is 6.42 Å². The highest BCUT2D eigenvalue weighted by molar-refractivity contribution is 5.04. The fourth-order valence-corrected chi connectivity index (χ4v) is 0.493. The topological polar surface area (TPSA) is 9.23 Å². The van der Waals surface area contributed by atoms with Crippen molar-refractivity contribution in [2.45, 2.75) is 19.5 Å². The van der Waals surface area contributed by atoms with Gasteiger partial charge >= 0.3 is 6.18 Å². The van der Waals surface area contributed by atoms with Gasteiger partial charge in [0.2, 0.25) is 0 Å². The van der Waals surface area contributed by atoms with Crippen LogP contribution >= 0.6 is 0 Å². The maximum atomic E-state index is 11.8. The minimum absolute atomic E-state index is 0.0582. The van der Waals surface area contributed by atoms with Crippen molar-refractivity contribution in [2.24, 2.45) is 0 Å². The van der Waals surface area contributed by atoms with Crippen LogP contribution in [-0.4, -0.2) is 13.3 Å². The number of allylic oxidation sites excluding steroid dienone is 1. The maximum Gasteiger partial charge on any atom is 0.415 e. The Kier molecular flexibility index (Phi) is 3.25. The Balaban J connectivity index is 4.21. The molecule has 4 heteroatoms. The molecule has 0 aromatic rings. The second-order valence-electron chi connectivity index (χ2n) is 1.73. The monoisotopic (exact) mass is 154 g/mol. The summed E-state index contributed by atoms with van der Waals surface area (Å²) in [5.74, 6) is 0. The van der Waals surface area contributed by atoms with Crippen LogP contribution in [0.3, 0.4) is 0 Å². The summed E-state index contributed by atoms with van der Waals surface area (Å²) in [6.45, 7) is 1.43. The van der Waals surface area contributed by atoms with E-state index in [9.17, 15) is 13.2 Å². The van der Waals surface area contributed by atoms with Crippen LogP contribution in [0.25, 0.3) is 0 Å². The molecule has 0 saturated carbocycles. The van der Waals surface area contributed by atoms with Crippen molar-refractivity contribution in [3.8, 4) is 0 Å². The van der Waals surface area contributed by atoms with Crippen molar-refractivity contribution >= 4 is 0 Å². The average Bonchev–Trinajstić information content (AvgIpc) is 1.80. The van der Waals surface area contributed by atoms with Gasteiger partial charge in [0.25, 0.3) is 0 Å². The molecule has 0 spiro atoms. The molecule has 0 fully saturated rings. The molecule has 0 radical (unpaired) electrons. The summed E-state index contributed by atoms with van der Waals surface area (Å²) < 4.78 is 39.5. The minimum Gasteiger partial charge on any atom is -0.504 e. The number of halogens is 3. The van der Waals surface area contributed by atoms with E-state index >= 15 is 0 Å². The van der Waals surface area contributed by atoms with Gasteiger partial charge in [-0.3, -0.25) is 0 Å². The van der Waals surface area contributed by atoms with Crippen molar-refractivity contribution in [3.05, 3.63) is 11.8 Å². The van der Waals surface area contributed by atoms with Gasteiger partial charge in [0, 0.05) is 0 Å². The zero-order chi connectivity index (χ0) is 8.20. The summed E-state index contributed by atoms with van der Waals surface area (Å²) in [7, 11) is 1.20. The van der Waals surface area contributed by atoms with Gasteiger partial charge in [-0.25, -0.2) is 0 Å². The van der Waals surface area contributed by atoms with Crippen LogP contribution in [0.1, 0.15) is 13.3 Å². The average molecular weight is 154 g/mol. The lowest BCUT2D eigenvalue weighted by atomic mass is 10.2. The molecule has 0 saturated heterocycles. The molecule has 0 heterocycles. The lowest BCUT2D eigenvalue weighted by Crippen LogP contribution is -2.11. The van der Waals surface area contributed by atoms with E-state index in [2.05, 4.69) is 4.74 Å². The van der Waals surface area contributed by atoms with Crippen molar-refractivity contribution in [1.29, 1.82) is 0 Å². The van der Waals surface area contributed by atoms with Crippen molar-refractivity contribution in [3.63, 3.8) is 0 Å². The van der Waals surface area contributed by atoms with Gasteiger partial charge in [-0.1, -0.05) is 6.92 Å². The summed E-state index contributed by atoms with van der Waals surface area (Å²) in [5, 5.41) is 0. The van der Waals surface area contributed by atoms with Crippen LogP contribution < -0.4 is 0 Å². The first-order chi connectivity index (χ1) is 4.52. The summed E-state index contributed by atoms with van der Waals surface area (Å²) >= 11 is 0. The molecule has 0 aliphatic carbocycles. The molecule has 0 aliphatic rings. The van der Waals surface area contributed by atoms with E-state index in [0.29, 0.717) is 0 Å². The van der Waals surface area contributed by atoms with Gasteiger partial charge in [0.15, 0.2) is 0 Å². The van der Waals surface area contributed by atoms with Crippen LogP contribution in [0.15, 0.2) is 11.8 Å². The lowest BCUT2D eigenvalue weighted by molar-refractivity contribution is -0.0954. The highest BCUT2D eigenvalue weighted by atomic mass is 19.4. The predicted octanol–water partition coefficient (Wildman–Crippen LogP) is 2.49. The zero-order valence-corrected chi connectivity index (χ0v) is 5.83. The largest absolute Gasteiger partial charge is 0.504 e. The summed E-state index contributed by atoms with van der Waals surface area (Å²) in [5.41, 5.74) is -0.644. The van der Waals surface area contributed by atoms with Crippen LogP contribution in [0.2, 0.25) is 0 Å². The van der Waals surface area contributed by atoms with Crippen molar-refractivity contribution in [2.75, 3.05) is 7.11 Å². The fourth-order valence-electron chi connectivity index (χ4n) is 0.493. The molecule has 0 bridgehead atoms. The first-order valence-electron chi connectivity index (χ1n) is 2.81. The van der Waals surface area contributed by atoms with Gasteiger partial charge in [-0.2, -0.15) is 13.2 Å². The highest BCUT2D eigenvalue weighted by Crippen LogP contribution is 2.27. The fraction of sp³-hybridized carbons (Fsp3) is 0.667. The Labute approximate surface area is 57.5 Å². The van der Waals surface area contributed by atoms with Crippen LogP contribution in [0.5, 0.6) is 0 Å². The number of methoxy groups -OCH3 is 1. The maximum absolute atomic E-state index is 11.8. The first-order valence-corrected chi connectivity index (χ1v) is 2.81. The zero-order valence-electron chi connectivity index (χ0n) is 5.83. The Morgan fingerprint density at radius 1 is 1.50 bits per heavy atom. The van der Waals surface area contributed by atoms with E-state index in [1.807, 2.05) is 0 Å². The van der Waals surface area contributed by atoms with Gasteiger partial charge in [0.05, 0.1) is 18.9 Å². The molecule has 0 N–H and O–H groups in total. The second-order valence-corrected chi connectivity index (χ2v) is 1.73. The standard InChI is InChI=1S/C6H9F3O/c1-3-5(4-10-2)6(7,8)9/h4H,3H2,1-2H3/b5-4+. The summed E-state index contributed by atoms with van der Waals surface area (Å²) in [4.78, 5) is 0. The van der Waals surface area contributed by atoms with Gasteiger partial charge < -0.3 is 4.74 Å². The van der Waals surface area contributed by atoms with Crippen LogP contribution in [-0.2, 0) is 4.74 Å². The predicted molar refractivity (Wildman–Crippen MR) is 31.4 cm³/mol. The lowest BCUT2D eigenvalue weighted by Gasteiger charge is -2.07. The Bertz CT molecular complexity index is 125. The molecule has 60 valence electrons. The number of alkyl halides is 3. The van der Waals surface area contributed by atoms with Crippen molar-refractivity contribution in [1.82, 2.24) is 0 Å². The summed E-state index contributed by atoms with van der Waals surface area (Å²) in [6, 6.07) is 0. The van der Waals surface area contributed by atoms with E-state index in [0.717, 1.165) is 6.26 Å². The van der Waals surface area contributed by atoms with E-state index < -0.39 is 11.7 Å². The molecule has 10 heavy (non-hydrogen) atoms. The Morgan fingerprint density at radius 3 is 2.10 bits per heavy atom. The molecule has 0 aromatic carbocycles. The smallest absolute Gasteiger partial charge is 0.415 e. The Morgan fingerprint density at radius 2 is 2.00 bits per heavy atom. The third-order valence-corrected chi connectivity index (χ3v) is 1.01. The molecule has 1 nitrogen and oxygen atoms in total. The van der Waals surface area contributed by atoms with Crippen LogP contribution in [0, 0.1) is 0 Å². The normalized spacial score (nSPS) is 13.5. The third kappa shape index (κ3) is 2.75. The van der Waals surface area contributed by atoms with Gasteiger partial charge in [-0.15, -0.1) is 0 Å². The molecule has 0 aromatic heterocycles.